The first kappa shape index (κ1) is 14.8. The number of carbonyl (C=O) groups excluding carboxylic acids is 1. The van der Waals surface area contributed by atoms with Gasteiger partial charge in [0.15, 0.2) is 23.0 Å². The van der Waals surface area contributed by atoms with Crippen LogP contribution in [-0.2, 0) is 6.42 Å². The molecule has 0 amide bonds. The van der Waals surface area contributed by atoms with E-state index in [4.69, 9.17) is 14.2 Å². The summed E-state index contributed by atoms with van der Waals surface area (Å²) in [7, 11) is 1.34. The van der Waals surface area contributed by atoms with Crippen molar-refractivity contribution in [2.45, 2.75) is 6.42 Å². The van der Waals surface area contributed by atoms with Crippen LogP contribution in [0.3, 0.4) is 0 Å². The molecule has 7 heteroatoms. The second kappa shape index (κ2) is 5.96. The molecule has 0 aromatic heterocycles. The smallest absolute Gasteiger partial charge is 0.311 e. The van der Waals surface area contributed by atoms with Gasteiger partial charge in [-0.15, -0.1) is 0 Å². The topological polar surface area (TPSA) is 87.9 Å². The summed E-state index contributed by atoms with van der Waals surface area (Å²) < 4.78 is 15.4. The van der Waals surface area contributed by atoms with E-state index in [1.54, 1.807) is 18.2 Å². The number of fused-ring (bicyclic) bond motifs is 1. The summed E-state index contributed by atoms with van der Waals surface area (Å²) >= 11 is 0. The fraction of sp³-hybridized carbons (Fsp3) is 0.188. The van der Waals surface area contributed by atoms with Gasteiger partial charge in [0.1, 0.15) is 0 Å². The highest BCUT2D eigenvalue weighted by atomic mass is 16.7. The first-order valence-electron chi connectivity index (χ1n) is 6.82. The average molecular weight is 315 g/mol. The van der Waals surface area contributed by atoms with Gasteiger partial charge in [-0.2, -0.15) is 0 Å². The third kappa shape index (κ3) is 2.94. The van der Waals surface area contributed by atoms with Crippen LogP contribution in [0.4, 0.5) is 5.69 Å². The highest BCUT2D eigenvalue weighted by molar-refractivity contribution is 5.98. The van der Waals surface area contributed by atoms with Gasteiger partial charge in [-0.05, 0) is 29.8 Å². The highest BCUT2D eigenvalue weighted by Crippen LogP contribution is 2.33. The quantitative estimate of drug-likeness (QED) is 0.479. The Hall–Kier alpha value is -3.09. The minimum Gasteiger partial charge on any atom is -0.490 e. The Morgan fingerprint density at radius 2 is 2.00 bits per heavy atom. The summed E-state index contributed by atoms with van der Waals surface area (Å²) in [6, 6.07) is 9.41. The van der Waals surface area contributed by atoms with Crippen LogP contribution in [0.15, 0.2) is 36.4 Å². The second-order valence-electron chi connectivity index (χ2n) is 4.93. The molecular formula is C16H13NO6. The number of nitro benzene ring substituents is 1. The third-order valence-corrected chi connectivity index (χ3v) is 3.50. The number of carbonyl (C=O) groups is 1. The molecular weight excluding hydrogens is 302 g/mol. The molecule has 0 spiro atoms. The molecule has 0 radical (unpaired) electrons. The lowest BCUT2D eigenvalue weighted by Gasteiger charge is -2.05. The van der Waals surface area contributed by atoms with Gasteiger partial charge in [0.25, 0.3) is 0 Å². The van der Waals surface area contributed by atoms with Gasteiger partial charge >= 0.3 is 5.69 Å². The lowest BCUT2D eigenvalue weighted by atomic mass is 10.0. The minimum absolute atomic E-state index is 0.111. The van der Waals surface area contributed by atoms with Gasteiger partial charge < -0.3 is 14.2 Å². The van der Waals surface area contributed by atoms with E-state index in [2.05, 4.69) is 0 Å². The molecule has 2 aromatic rings. The number of hydrogen-bond donors (Lipinski definition) is 0. The average Bonchev–Trinajstić information content (AvgIpc) is 3.01. The van der Waals surface area contributed by atoms with Gasteiger partial charge in [-0.3, -0.25) is 14.9 Å². The van der Waals surface area contributed by atoms with Gasteiger partial charge in [0.2, 0.25) is 6.79 Å². The molecule has 1 aliphatic heterocycles. The van der Waals surface area contributed by atoms with Crippen molar-refractivity contribution in [3.05, 3.63) is 57.6 Å². The van der Waals surface area contributed by atoms with E-state index in [0.717, 1.165) is 5.56 Å². The number of rotatable bonds is 5. The van der Waals surface area contributed by atoms with Crippen molar-refractivity contribution in [3.63, 3.8) is 0 Å². The molecule has 2 aromatic carbocycles. The monoisotopic (exact) mass is 315 g/mol. The molecule has 0 saturated heterocycles. The van der Waals surface area contributed by atoms with Crippen molar-refractivity contribution in [1.82, 2.24) is 0 Å². The lowest BCUT2D eigenvalue weighted by molar-refractivity contribution is -0.385. The first-order valence-corrected chi connectivity index (χ1v) is 6.82. The van der Waals surface area contributed by atoms with Crippen molar-refractivity contribution < 1.29 is 23.9 Å². The molecule has 1 heterocycles. The maximum absolute atomic E-state index is 12.4. The number of ether oxygens (including phenoxy) is 3. The zero-order chi connectivity index (χ0) is 16.4. The Bertz CT molecular complexity index is 786. The van der Waals surface area contributed by atoms with Crippen LogP contribution in [0, 0.1) is 10.1 Å². The molecule has 0 atom stereocenters. The van der Waals surface area contributed by atoms with Crippen molar-refractivity contribution in [1.29, 1.82) is 0 Å². The van der Waals surface area contributed by atoms with E-state index >= 15 is 0 Å². The highest BCUT2D eigenvalue weighted by Gasteiger charge is 2.19. The summed E-state index contributed by atoms with van der Waals surface area (Å²) in [6.07, 6.45) is 0.111. The predicted octanol–water partition coefficient (Wildman–Crippen LogP) is 2.76. The standard InChI is InChI=1S/C16H13NO6/c1-21-14-5-3-11(8-12(14)17(19)20)13(18)6-10-2-4-15-16(7-10)23-9-22-15/h2-5,7-8H,6,9H2,1H3. The van der Waals surface area contributed by atoms with E-state index in [-0.39, 0.29) is 36.0 Å². The number of nitrogens with zero attached hydrogens (tertiary/aromatic N) is 1. The molecule has 3 rings (SSSR count). The molecule has 0 fully saturated rings. The molecule has 7 nitrogen and oxygen atoms in total. The number of ketones is 1. The molecule has 23 heavy (non-hydrogen) atoms. The van der Waals surface area contributed by atoms with Crippen LogP contribution in [0.2, 0.25) is 0 Å². The Morgan fingerprint density at radius 1 is 1.22 bits per heavy atom. The van der Waals surface area contributed by atoms with Gasteiger partial charge in [0, 0.05) is 18.1 Å². The summed E-state index contributed by atoms with van der Waals surface area (Å²) in [5.41, 5.74) is 0.775. The summed E-state index contributed by atoms with van der Waals surface area (Å²) in [5, 5.41) is 11.0. The fourth-order valence-electron chi connectivity index (χ4n) is 2.34. The zero-order valence-electron chi connectivity index (χ0n) is 12.3. The molecule has 0 bridgehead atoms. The van der Waals surface area contributed by atoms with Crippen LogP contribution in [0.1, 0.15) is 15.9 Å². The summed E-state index contributed by atoms with van der Waals surface area (Å²) in [5.74, 6) is 1.13. The minimum atomic E-state index is -0.573. The van der Waals surface area contributed by atoms with Crippen LogP contribution >= 0.6 is 0 Å². The number of nitro groups is 1. The van der Waals surface area contributed by atoms with Crippen molar-refractivity contribution in [2.75, 3.05) is 13.9 Å². The van der Waals surface area contributed by atoms with E-state index in [9.17, 15) is 14.9 Å². The summed E-state index contributed by atoms with van der Waals surface area (Å²) in [4.78, 5) is 22.8. The van der Waals surface area contributed by atoms with Crippen molar-refractivity contribution in [2.24, 2.45) is 0 Å². The van der Waals surface area contributed by atoms with Gasteiger partial charge in [0.05, 0.1) is 12.0 Å². The maximum Gasteiger partial charge on any atom is 0.311 e. The number of Topliss-reactive ketones (excluding diaryl/α,β-unsaturated/α-hetero) is 1. The maximum atomic E-state index is 12.4. The van der Waals surface area contributed by atoms with E-state index < -0.39 is 4.92 Å². The van der Waals surface area contributed by atoms with Gasteiger partial charge in [-0.1, -0.05) is 6.07 Å². The third-order valence-electron chi connectivity index (χ3n) is 3.50. The molecule has 0 unspecified atom stereocenters. The number of benzene rings is 2. The van der Waals surface area contributed by atoms with Crippen molar-refractivity contribution >= 4 is 11.5 Å². The van der Waals surface area contributed by atoms with Crippen LogP contribution in [0.5, 0.6) is 17.2 Å². The molecule has 1 aliphatic rings. The Labute approximate surface area is 131 Å². The normalized spacial score (nSPS) is 12.0. The SMILES string of the molecule is COc1ccc(C(=O)Cc2ccc3c(c2)OCO3)cc1[N+](=O)[O-]. The summed E-state index contributed by atoms with van der Waals surface area (Å²) in [6.45, 7) is 0.164. The molecule has 0 saturated carbocycles. The molecule has 0 N–H and O–H groups in total. The zero-order valence-corrected chi connectivity index (χ0v) is 12.3. The lowest BCUT2D eigenvalue weighted by Crippen LogP contribution is -2.05. The number of hydrogen-bond acceptors (Lipinski definition) is 6. The Morgan fingerprint density at radius 3 is 2.74 bits per heavy atom. The van der Waals surface area contributed by atoms with E-state index in [1.165, 1.54) is 25.3 Å². The van der Waals surface area contributed by atoms with Gasteiger partial charge in [-0.25, -0.2) is 0 Å². The van der Waals surface area contributed by atoms with Crippen LogP contribution < -0.4 is 14.2 Å². The Balaban J connectivity index is 1.83. The molecule has 0 aliphatic carbocycles. The molecule has 118 valence electrons. The van der Waals surface area contributed by atoms with Crippen molar-refractivity contribution in [3.8, 4) is 17.2 Å². The fourth-order valence-corrected chi connectivity index (χ4v) is 2.34. The van der Waals surface area contributed by atoms with E-state index in [1.807, 2.05) is 0 Å². The van der Waals surface area contributed by atoms with Crippen LogP contribution in [0.25, 0.3) is 0 Å². The first-order chi connectivity index (χ1) is 11.1. The Kier molecular flexibility index (Phi) is 3.84. The number of methoxy groups -OCH3 is 1. The predicted molar refractivity (Wildman–Crippen MR) is 80.2 cm³/mol. The second-order valence-corrected chi connectivity index (χ2v) is 4.93. The van der Waals surface area contributed by atoms with Crippen LogP contribution in [-0.4, -0.2) is 24.6 Å². The van der Waals surface area contributed by atoms with E-state index in [0.29, 0.717) is 11.5 Å². The largest absolute Gasteiger partial charge is 0.490 e.